The Kier molecular flexibility index (Phi) is 3.49. The van der Waals surface area contributed by atoms with Crippen LogP contribution in [0, 0.1) is 0 Å². The van der Waals surface area contributed by atoms with Crippen LogP contribution in [0.3, 0.4) is 0 Å². The topological polar surface area (TPSA) is 0 Å². The maximum absolute atomic E-state index is 12.5. The summed E-state index contributed by atoms with van der Waals surface area (Å²) in [5.41, 5.74) is -1.32. The lowest BCUT2D eigenvalue weighted by atomic mass is 10.1. The fourth-order valence-corrected chi connectivity index (χ4v) is 0.715. The summed E-state index contributed by atoms with van der Waals surface area (Å²) < 4.78 is 48.6. The third-order valence-corrected chi connectivity index (χ3v) is 1.53. The third kappa shape index (κ3) is 2.68. The lowest BCUT2D eigenvalue weighted by Crippen LogP contribution is -2.14. The van der Waals surface area contributed by atoms with Crippen LogP contribution in [0.5, 0.6) is 0 Å². The molecule has 0 aromatic rings. The average Bonchev–Trinajstić information content (AvgIpc) is 1.85. The van der Waals surface area contributed by atoms with Gasteiger partial charge in [-0.3, -0.25) is 0 Å². The highest BCUT2D eigenvalue weighted by molar-refractivity contribution is 5.29. The van der Waals surface area contributed by atoms with Gasteiger partial charge in [0.15, 0.2) is 0 Å². The van der Waals surface area contributed by atoms with Crippen molar-refractivity contribution in [1.82, 2.24) is 0 Å². The van der Waals surface area contributed by atoms with Crippen molar-refractivity contribution in [3.8, 4) is 0 Å². The maximum atomic E-state index is 12.5. The monoisotopic (exact) mass is 182 g/mol. The van der Waals surface area contributed by atoms with E-state index in [0.717, 1.165) is 13.8 Å². The highest BCUT2D eigenvalue weighted by Gasteiger charge is 2.33. The molecule has 0 N–H and O–H groups in total. The van der Waals surface area contributed by atoms with E-state index in [2.05, 4.69) is 6.58 Å². The molecule has 0 saturated carbocycles. The second-order valence-electron chi connectivity index (χ2n) is 2.41. The molecule has 0 aliphatic carbocycles. The molecule has 0 radical (unpaired) electrons. The summed E-state index contributed by atoms with van der Waals surface area (Å²) >= 11 is 0. The van der Waals surface area contributed by atoms with Crippen molar-refractivity contribution in [3.05, 3.63) is 23.8 Å². The summed E-state index contributed by atoms with van der Waals surface area (Å²) in [4.78, 5) is 0. The first-order chi connectivity index (χ1) is 5.30. The van der Waals surface area contributed by atoms with Crippen LogP contribution in [0.15, 0.2) is 23.8 Å². The van der Waals surface area contributed by atoms with Gasteiger partial charge < -0.3 is 0 Å². The highest BCUT2D eigenvalue weighted by Crippen LogP contribution is 2.30. The van der Waals surface area contributed by atoms with Gasteiger partial charge in [0.1, 0.15) is 6.17 Å². The molecular weight excluding hydrogens is 172 g/mol. The molecule has 0 bridgehead atoms. The molecule has 1 unspecified atom stereocenters. The van der Waals surface area contributed by atoms with Crippen LogP contribution >= 0.6 is 0 Å². The van der Waals surface area contributed by atoms with Gasteiger partial charge in [-0.2, -0.15) is 13.2 Å². The Hall–Kier alpha value is -0.800. The number of alkyl halides is 4. The van der Waals surface area contributed by atoms with Crippen molar-refractivity contribution in [2.75, 3.05) is 0 Å². The number of hydrogen-bond acceptors (Lipinski definition) is 0. The Balaban J connectivity index is 5.00. The Morgan fingerprint density at radius 1 is 1.42 bits per heavy atom. The molecule has 0 nitrogen and oxygen atoms in total. The minimum atomic E-state index is -4.51. The summed E-state index contributed by atoms with van der Waals surface area (Å²) in [6, 6.07) is 0. The number of hydrogen-bond donors (Lipinski definition) is 0. The molecule has 4 heteroatoms. The zero-order chi connectivity index (χ0) is 9.94. The van der Waals surface area contributed by atoms with E-state index in [1.165, 1.54) is 0 Å². The van der Waals surface area contributed by atoms with Crippen molar-refractivity contribution in [3.63, 3.8) is 0 Å². The fourth-order valence-electron chi connectivity index (χ4n) is 0.715. The molecule has 0 aliphatic heterocycles. The maximum Gasteiger partial charge on any atom is 0.416 e. The van der Waals surface area contributed by atoms with Crippen molar-refractivity contribution in [2.24, 2.45) is 0 Å². The number of halogens is 4. The number of rotatable bonds is 2. The van der Waals surface area contributed by atoms with Crippen LogP contribution in [0.25, 0.3) is 0 Å². The van der Waals surface area contributed by atoms with Crippen LogP contribution in [-0.2, 0) is 0 Å². The molecule has 0 amide bonds. The molecule has 0 aromatic heterocycles. The van der Waals surface area contributed by atoms with Gasteiger partial charge in [-0.15, -0.1) is 0 Å². The Morgan fingerprint density at radius 3 is 1.92 bits per heavy atom. The van der Waals surface area contributed by atoms with Crippen LogP contribution in [0.2, 0.25) is 0 Å². The van der Waals surface area contributed by atoms with Crippen molar-refractivity contribution >= 4 is 0 Å². The first-order valence-electron chi connectivity index (χ1n) is 3.35. The van der Waals surface area contributed by atoms with Gasteiger partial charge in [0.05, 0.1) is 5.57 Å². The average molecular weight is 182 g/mol. The van der Waals surface area contributed by atoms with E-state index in [1.807, 2.05) is 0 Å². The lowest BCUT2D eigenvalue weighted by molar-refractivity contribution is -0.0894. The molecule has 0 fully saturated rings. The van der Waals surface area contributed by atoms with Gasteiger partial charge in [-0.05, 0) is 19.4 Å². The molecule has 0 heterocycles. The zero-order valence-electron chi connectivity index (χ0n) is 6.87. The minimum Gasteiger partial charge on any atom is -0.243 e. The third-order valence-electron chi connectivity index (χ3n) is 1.53. The predicted molar refractivity (Wildman–Crippen MR) is 39.5 cm³/mol. The second kappa shape index (κ2) is 3.74. The molecule has 0 spiro atoms. The lowest BCUT2D eigenvalue weighted by Gasteiger charge is -2.12. The van der Waals surface area contributed by atoms with Crippen LogP contribution in [0.1, 0.15) is 13.8 Å². The molecule has 0 rings (SSSR count). The Labute approximate surface area is 68.6 Å². The van der Waals surface area contributed by atoms with Crippen LogP contribution in [0.4, 0.5) is 17.6 Å². The molecule has 70 valence electrons. The minimum absolute atomic E-state index is 0.336. The Bertz CT molecular complexity index is 198. The van der Waals surface area contributed by atoms with Crippen molar-refractivity contribution in [2.45, 2.75) is 26.2 Å². The zero-order valence-corrected chi connectivity index (χ0v) is 6.87. The Morgan fingerprint density at radius 2 is 1.83 bits per heavy atom. The van der Waals surface area contributed by atoms with E-state index < -0.39 is 17.9 Å². The van der Waals surface area contributed by atoms with Crippen molar-refractivity contribution < 1.29 is 17.6 Å². The normalized spacial score (nSPS) is 16.8. The number of allylic oxidation sites excluding steroid dienone is 3. The first kappa shape index (κ1) is 11.2. The second-order valence-corrected chi connectivity index (χ2v) is 2.41. The summed E-state index contributed by atoms with van der Waals surface area (Å²) in [7, 11) is 0. The fraction of sp³-hybridized carbons (Fsp3) is 0.500. The summed E-state index contributed by atoms with van der Waals surface area (Å²) in [6.45, 7) is 5.15. The molecule has 12 heavy (non-hydrogen) atoms. The molecule has 1 atom stereocenters. The highest BCUT2D eigenvalue weighted by atomic mass is 19.4. The van der Waals surface area contributed by atoms with Gasteiger partial charge in [-0.25, -0.2) is 4.39 Å². The van der Waals surface area contributed by atoms with Crippen LogP contribution < -0.4 is 0 Å². The van der Waals surface area contributed by atoms with Gasteiger partial charge >= 0.3 is 6.18 Å². The standard InChI is InChI=1S/C8H10F4/c1-4-7(8(10,11)12)5(2)6(3)9/h4,6H,1H2,2-3H3/b7-5+. The predicted octanol–water partition coefficient (Wildman–Crippen LogP) is 3.41. The summed E-state index contributed by atoms with van der Waals surface area (Å²) in [6.07, 6.45) is -5.47. The van der Waals surface area contributed by atoms with Gasteiger partial charge in [-0.1, -0.05) is 12.7 Å². The van der Waals surface area contributed by atoms with Gasteiger partial charge in [0.25, 0.3) is 0 Å². The summed E-state index contributed by atoms with van der Waals surface area (Å²) in [5, 5.41) is 0. The van der Waals surface area contributed by atoms with Crippen molar-refractivity contribution in [1.29, 1.82) is 0 Å². The van der Waals surface area contributed by atoms with E-state index in [-0.39, 0.29) is 5.57 Å². The SMILES string of the molecule is C=C/C(=C(/C)C(C)F)C(F)(F)F. The van der Waals surface area contributed by atoms with Gasteiger partial charge in [0, 0.05) is 0 Å². The largest absolute Gasteiger partial charge is 0.416 e. The van der Waals surface area contributed by atoms with E-state index in [1.54, 1.807) is 0 Å². The molecule has 0 aromatic carbocycles. The molecular formula is C8H10F4. The smallest absolute Gasteiger partial charge is 0.243 e. The molecule has 0 saturated heterocycles. The van der Waals surface area contributed by atoms with E-state index in [0.29, 0.717) is 6.08 Å². The van der Waals surface area contributed by atoms with Crippen LogP contribution in [-0.4, -0.2) is 12.3 Å². The first-order valence-corrected chi connectivity index (χ1v) is 3.35. The van der Waals surface area contributed by atoms with Gasteiger partial charge in [0.2, 0.25) is 0 Å². The van der Waals surface area contributed by atoms with E-state index in [4.69, 9.17) is 0 Å². The van der Waals surface area contributed by atoms with E-state index in [9.17, 15) is 17.6 Å². The van der Waals surface area contributed by atoms with E-state index >= 15 is 0 Å². The quantitative estimate of drug-likeness (QED) is 0.453. The molecule has 0 aliphatic rings. The summed E-state index contributed by atoms with van der Waals surface area (Å²) in [5.74, 6) is 0.